The van der Waals surface area contributed by atoms with Gasteiger partial charge in [0.2, 0.25) is 0 Å². The van der Waals surface area contributed by atoms with Crippen molar-refractivity contribution in [3.8, 4) is 0 Å². The summed E-state index contributed by atoms with van der Waals surface area (Å²) in [6.07, 6.45) is 2.04. The molecule has 0 aromatic rings. The minimum atomic E-state index is -0.128. The second-order valence-electron chi connectivity index (χ2n) is 2.47. The van der Waals surface area contributed by atoms with Gasteiger partial charge in [0.15, 0.2) is 6.10 Å². The zero-order chi connectivity index (χ0) is 7.40. The Morgan fingerprint density at radius 3 is 3.00 bits per heavy atom. The van der Waals surface area contributed by atoms with Crippen LogP contribution in [0.4, 0.5) is 0 Å². The molecule has 1 N–H and O–H groups in total. The van der Waals surface area contributed by atoms with Crippen LogP contribution in [0.2, 0.25) is 0 Å². The summed E-state index contributed by atoms with van der Waals surface area (Å²) in [6, 6.07) is 0. The molecule has 1 amide bonds. The molecule has 0 radical (unpaired) electrons. The lowest BCUT2D eigenvalue weighted by molar-refractivity contribution is -0.122. The van der Waals surface area contributed by atoms with Gasteiger partial charge in [-0.25, -0.2) is 0 Å². The lowest BCUT2D eigenvalue weighted by Gasteiger charge is -1.99. The Kier molecular flexibility index (Phi) is 2.68. The first-order valence-electron chi connectivity index (χ1n) is 3.74. The molecule has 1 aliphatic heterocycles. The zero-order valence-corrected chi connectivity index (χ0v) is 6.22. The molecule has 0 saturated carbocycles. The number of epoxide rings is 1. The fourth-order valence-corrected chi connectivity index (χ4v) is 0.702. The van der Waals surface area contributed by atoms with E-state index in [0.717, 1.165) is 19.4 Å². The summed E-state index contributed by atoms with van der Waals surface area (Å²) in [7, 11) is 0. The molecule has 58 valence electrons. The van der Waals surface area contributed by atoms with Crippen LogP contribution in [-0.2, 0) is 9.53 Å². The van der Waals surface area contributed by atoms with Crippen molar-refractivity contribution in [2.45, 2.75) is 25.9 Å². The van der Waals surface area contributed by atoms with Crippen molar-refractivity contribution in [3.05, 3.63) is 0 Å². The molecular formula is C7H13NO2. The van der Waals surface area contributed by atoms with Crippen LogP contribution in [-0.4, -0.2) is 25.2 Å². The summed E-state index contributed by atoms with van der Waals surface area (Å²) in [5.41, 5.74) is 0. The lowest BCUT2D eigenvalue weighted by atomic mass is 10.3. The van der Waals surface area contributed by atoms with Gasteiger partial charge in [-0.3, -0.25) is 4.79 Å². The summed E-state index contributed by atoms with van der Waals surface area (Å²) < 4.78 is 4.79. The van der Waals surface area contributed by atoms with Crippen LogP contribution < -0.4 is 5.32 Å². The minimum Gasteiger partial charge on any atom is -0.363 e. The average Bonchev–Trinajstić information content (AvgIpc) is 2.69. The monoisotopic (exact) mass is 143 g/mol. The Morgan fingerprint density at radius 1 is 1.80 bits per heavy atom. The number of amides is 1. The maximum atomic E-state index is 10.8. The smallest absolute Gasteiger partial charge is 0.251 e. The highest BCUT2D eigenvalue weighted by atomic mass is 16.6. The molecule has 1 fully saturated rings. The number of hydrogen-bond acceptors (Lipinski definition) is 2. The Bertz CT molecular complexity index is 121. The molecule has 0 aliphatic carbocycles. The Labute approximate surface area is 60.7 Å². The van der Waals surface area contributed by atoms with E-state index < -0.39 is 0 Å². The van der Waals surface area contributed by atoms with Gasteiger partial charge < -0.3 is 10.1 Å². The van der Waals surface area contributed by atoms with Gasteiger partial charge in [-0.15, -0.1) is 0 Å². The molecule has 0 aromatic carbocycles. The number of nitrogens with one attached hydrogen (secondary N) is 1. The fourth-order valence-electron chi connectivity index (χ4n) is 0.702. The topological polar surface area (TPSA) is 41.6 Å². The van der Waals surface area contributed by atoms with Crippen LogP contribution in [0.1, 0.15) is 19.8 Å². The quantitative estimate of drug-likeness (QED) is 0.454. The van der Waals surface area contributed by atoms with Crippen LogP contribution in [0.3, 0.4) is 0 Å². The number of carbonyl (C=O) groups excluding carboxylic acids is 1. The Morgan fingerprint density at radius 2 is 2.50 bits per heavy atom. The first kappa shape index (κ1) is 7.54. The van der Waals surface area contributed by atoms with Crippen molar-refractivity contribution in [2.75, 3.05) is 13.2 Å². The van der Waals surface area contributed by atoms with Gasteiger partial charge in [0.05, 0.1) is 6.61 Å². The normalized spacial score (nSPS) is 22.3. The van der Waals surface area contributed by atoms with E-state index in [4.69, 9.17) is 4.74 Å². The van der Waals surface area contributed by atoms with Gasteiger partial charge in [-0.05, 0) is 6.42 Å². The third kappa shape index (κ3) is 2.35. The molecular weight excluding hydrogens is 130 g/mol. The van der Waals surface area contributed by atoms with E-state index in [-0.39, 0.29) is 12.0 Å². The van der Waals surface area contributed by atoms with Crippen LogP contribution in [0.25, 0.3) is 0 Å². The zero-order valence-electron chi connectivity index (χ0n) is 6.22. The van der Waals surface area contributed by atoms with Gasteiger partial charge in [0, 0.05) is 6.54 Å². The highest BCUT2D eigenvalue weighted by Crippen LogP contribution is 2.07. The summed E-state index contributed by atoms with van der Waals surface area (Å²) in [5, 5.41) is 2.78. The van der Waals surface area contributed by atoms with Gasteiger partial charge in [-0.1, -0.05) is 13.3 Å². The van der Waals surface area contributed by atoms with Gasteiger partial charge in [-0.2, -0.15) is 0 Å². The minimum absolute atomic E-state index is 0.0495. The molecule has 3 heteroatoms. The number of hydrogen-bond donors (Lipinski definition) is 1. The summed E-state index contributed by atoms with van der Waals surface area (Å²) >= 11 is 0. The second-order valence-corrected chi connectivity index (χ2v) is 2.47. The molecule has 1 rings (SSSR count). The first-order valence-corrected chi connectivity index (χ1v) is 3.74. The van der Waals surface area contributed by atoms with Gasteiger partial charge in [0.25, 0.3) is 5.91 Å². The SMILES string of the molecule is CCCCNC(=O)C1CO1. The van der Waals surface area contributed by atoms with E-state index >= 15 is 0 Å². The molecule has 0 aromatic heterocycles. The number of carbonyl (C=O) groups is 1. The maximum Gasteiger partial charge on any atom is 0.251 e. The van der Waals surface area contributed by atoms with Crippen molar-refractivity contribution in [3.63, 3.8) is 0 Å². The van der Waals surface area contributed by atoms with E-state index in [1.54, 1.807) is 0 Å². The van der Waals surface area contributed by atoms with E-state index in [2.05, 4.69) is 12.2 Å². The Hall–Kier alpha value is -0.570. The van der Waals surface area contributed by atoms with Crippen molar-refractivity contribution in [1.82, 2.24) is 5.32 Å². The molecule has 1 aliphatic rings. The highest BCUT2D eigenvalue weighted by molar-refractivity contribution is 5.82. The van der Waals surface area contributed by atoms with E-state index in [9.17, 15) is 4.79 Å². The average molecular weight is 143 g/mol. The van der Waals surface area contributed by atoms with Crippen molar-refractivity contribution < 1.29 is 9.53 Å². The van der Waals surface area contributed by atoms with Gasteiger partial charge >= 0.3 is 0 Å². The predicted octanol–water partition coefficient (Wildman–Crippen LogP) is 0.301. The number of unbranched alkanes of at least 4 members (excludes halogenated alkanes) is 1. The van der Waals surface area contributed by atoms with E-state index in [1.807, 2.05) is 0 Å². The van der Waals surface area contributed by atoms with Crippen molar-refractivity contribution in [1.29, 1.82) is 0 Å². The number of rotatable bonds is 4. The molecule has 10 heavy (non-hydrogen) atoms. The first-order chi connectivity index (χ1) is 4.84. The number of ether oxygens (including phenoxy) is 1. The van der Waals surface area contributed by atoms with Crippen LogP contribution >= 0.6 is 0 Å². The van der Waals surface area contributed by atoms with Crippen LogP contribution in [0, 0.1) is 0 Å². The highest BCUT2D eigenvalue weighted by Gasteiger charge is 2.30. The summed E-state index contributed by atoms with van der Waals surface area (Å²) in [5.74, 6) is 0.0495. The largest absolute Gasteiger partial charge is 0.363 e. The summed E-state index contributed by atoms with van der Waals surface area (Å²) in [4.78, 5) is 10.8. The standard InChI is InChI=1S/C7H13NO2/c1-2-3-4-8-7(9)6-5-10-6/h6H,2-5H2,1H3,(H,8,9). The van der Waals surface area contributed by atoms with E-state index in [1.165, 1.54) is 0 Å². The molecule has 0 spiro atoms. The predicted molar refractivity (Wildman–Crippen MR) is 37.7 cm³/mol. The molecule has 1 atom stereocenters. The van der Waals surface area contributed by atoms with E-state index in [0.29, 0.717) is 6.61 Å². The van der Waals surface area contributed by atoms with Crippen LogP contribution in [0.5, 0.6) is 0 Å². The van der Waals surface area contributed by atoms with Crippen molar-refractivity contribution in [2.24, 2.45) is 0 Å². The van der Waals surface area contributed by atoms with Crippen molar-refractivity contribution >= 4 is 5.91 Å². The third-order valence-electron chi connectivity index (χ3n) is 1.46. The lowest BCUT2D eigenvalue weighted by Crippen LogP contribution is -2.28. The molecule has 0 bridgehead atoms. The molecule has 3 nitrogen and oxygen atoms in total. The van der Waals surface area contributed by atoms with Gasteiger partial charge in [0.1, 0.15) is 0 Å². The molecule has 1 unspecified atom stereocenters. The Balaban J connectivity index is 1.95. The van der Waals surface area contributed by atoms with Crippen LogP contribution in [0.15, 0.2) is 0 Å². The third-order valence-corrected chi connectivity index (χ3v) is 1.46. The second kappa shape index (κ2) is 3.56. The maximum absolute atomic E-state index is 10.8. The fraction of sp³-hybridized carbons (Fsp3) is 0.857. The summed E-state index contributed by atoms with van der Waals surface area (Å²) in [6.45, 7) is 3.49. The molecule has 1 heterocycles. The molecule has 1 saturated heterocycles.